The molecule has 17 heavy (non-hydrogen) atoms. The molecule has 1 rings (SSSR count). The van der Waals surface area contributed by atoms with E-state index in [0.29, 0.717) is 0 Å². The number of nitrogens with zero attached hydrogens (tertiary/aromatic N) is 1. The molecule has 1 aromatic heterocycles. The molecule has 1 heterocycles. The second kappa shape index (κ2) is 6.47. The smallest absolute Gasteiger partial charge is 0.125 e. The predicted octanol–water partition coefficient (Wildman–Crippen LogP) is 3.09. The summed E-state index contributed by atoms with van der Waals surface area (Å²) in [4.78, 5) is 6.13. The monoisotopic (exact) mass is 256 g/mol. The van der Waals surface area contributed by atoms with Gasteiger partial charge < -0.3 is 10.1 Å². The van der Waals surface area contributed by atoms with Gasteiger partial charge in [0.25, 0.3) is 0 Å². The number of ether oxygens (including phenoxy) is 1. The highest BCUT2D eigenvalue weighted by Gasteiger charge is 2.32. The van der Waals surface area contributed by atoms with Crippen molar-refractivity contribution < 1.29 is 4.74 Å². The van der Waals surface area contributed by atoms with E-state index in [4.69, 9.17) is 9.72 Å². The molecule has 1 aromatic rings. The van der Waals surface area contributed by atoms with Crippen LogP contribution in [0.2, 0.25) is 0 Å². The molecular weight excluding hydrogens is 232 g/mol. The SMILES string of the molecule is CCc1nc(C(CC)(CC)OC)sc1CNC. The minimum absolute atomic E-state index is 0.194. The third-order valence-electron chi connectivity index (χ3n) is 3.37. The topological polar surface area (TPSA) is 34.1 Å². The first-order chi connectivity index (χ1) is 8.17. The number of methoxy groups -OCH3 is 1. The van der Waals surface area contributed by atoms with Crippen molar-refractivity contribution in [2.75, 3.05) is 14.2 Å². The summed E-state index contributed by atoms with van der Waals surface area (Å²) < 4.78 is 5.74. The van der Waals surface area contributed by atoms with E-state index in [-0.39, 0.29) is 5.60 Å². The van der Waals surface area contributed by atoms with E-state index in [1.165, 1.54) is 10.6 Å². The molecule has 0 spiro atoms. The number of nitrogens with one attached hydrogen (secondary N) is 1. The molecule has 0 aliphatic carbocycles. The van der Waals surface area contributed by atoms with Crippen molar-refractivity contribution in [2.45, 2.75) is 52.2 Å². The molecule has 4 heteroatoms. The van der Waals surface area contributed by atoms with Gasteiger partial charge in [-0.2, -0.15) is 0 Å². The zero-order valence-corrected chi connectivity index (χ0v) is 12.4. The van der Waals surface area contributed by atoms with Gasteiger partial charge in [-0.3, -0.25) is 0 Å². The van der Waals surface area contributed by atoms with Gasteiger partial charge in [-0.15, -0.1) is 11.3 Å². The van der Waals surface area contributed by atoms with Crippen LogP contribution >= 0.6 is 11.3 Å². The van der Waals surface area contributed by atoms with Gasteiger partial charge in [0.05, 0.1) is 5.69 Å². The van der Waals surface area contributed by atoms with Gasteiger partial charge in [0.1, 0.15) is 10.6 Å². The Bertz CT molecular complexity index is 337. The molecule has 0 radical (unpaired) electrons. The van der Waals surface area contributed by atoms with Crippen LogP contribution in [0.5, 0.6) is 0 Å². The fourth-order valence-electron chi connectivity index (χ4n) is 2.08. The van der Waals surface area contributed by atoms with Gasteiger partial charge in [-0.05, 0) is 26.3 Å². The highest BCUT2D eigenvalue weighted by atomic mass is 32.1. The number of aryl methyl sites for hydroxylation is 1. The van der Waals surface area contributed by atoms with Crippen LogP contribution in [0.3, 0.4) is 0 Å². The number of aromatic nitrogens is 1. The molecule has 1 N–H and O–H groups in total. The van der Waals surface area contributed by atoms with Gasteiger partial charge in [0.15, 0.2) is 0 Å². The van der Waals surface area contributed by atoms with Gasteiger partial charge >= 0.3 is 0 Å². The summed E-state index contributed by atoms with van der Waals surface area (Å²) in [5.74, 6) is 0. The largest absolute Gasteiger partial charge is 0.371 e. The molecular formula is C13H24N2OS. The van der Waals surface area contributed by atoms with E-state index >= 15 is 0 Å². The normalized spacial score (nSPS) is 12.1. The summed E-state index contributed by atoms with van der Waals surface area (Å²) in [6.45, 7) is 7.38. The fourth-order valence-corrected chi connectivity index (χ4v) is 3.55. The van der Waals surface area contributed by atoms with Crippen molar-refractivity contribution in [1.29, 1.82) is 0 Å². The first-order valence-electron chi connectivity index (χ1n) is 6.36. The standard InChI is InChI=1S/C13H24N2OS/c1-6-10-11(9-14-4)17-12(15-10)13(7-2,8-3)16-5/h14H,6-9H2,1-5H3. The molecule has 0 unspecified atom stereocenters. The van der Waals surface area contributed by atoms with Gasteiger partial charge in [0, 0.05) is 18.5 Å². The lowest BCUT2D eigenvalue weighted by Gasteiger charge is -2.27. The van der Waals surface area contributed by atoms with Crippen molar-refractivity contribution in [3.63, 3.8) is 0 Å². The highest BCUT2D eigenvalue weighted by molar-refractivity contribution is 7.11. The molecule has 0 fully saturated rings. The second-order valence-corrected chi connectivity index (χ2v) is 5.26. The first-order valence-corrected chi connectivity index (χ1v) is 7.17. The summed E-state index contributed by atoms with van der Waals surface area (Å²) in [6, 6.07) is 0. The Morgan fingerprint density at radius 2 is 1.94 bits per heavy atom. The Morgan fingerprint density at radius 3 is 2.35 bits per heavy atom. The summed E-state index contributed by atoms with van der Waals surface area (Å²) in [5, 5.41) is 4.34. The summed E-state index contributed by atoms with van der Waals surface area (Å²) in [5.41, 5.74) is 1.02. The van der Waals surface area contributed by atoms with Crippen LogP contribution in [0.1, 0.15) is 49.2 Å². The second-order valence-electron chi connectivity index (χ2n) is 4.18. The van der Waals surface area contributed by atoms with Gasteiger partial charge in [-0.1, -0.05) is 20.8 Å². The van der Waals surface area contributed by atoms with Crippen molar-refractivity contribution >= 4 is 11.3 Å². The predicted molar refractivity (Wildman–Crippen MR) is 73.5 cm³/mol. The minimum Gasteiger partial charge on any atom is -0.371 e. The van der Waals surface area contributed by atoms with Crippen LogP contribution in [-0.2, 0) is 23.3 Å². The van der Waals surface area contributed by atoms with Crippen LogP contribution in [-0.4, -0.2) is 19.1 Å². The summed E-state index contributed by atoms with van der Waals surface area (Å²) >= 11 is 1.79. The maximum absolute atomic E-state index is 5.74. The molecule has 0 amide bonds. The van der Waals surface area contributed by atoms with Crippen molar-refractivity contribution in [3.05, 3.63) is 15.6 Å². The molecule has 0 atom stereocenters. The Kier molecular flexibility index (Phi) is 5.56. The van der Waals surface area contributed by atoms with Crippen molar-refractivity contribution in [2.24, 2.45) is 0 Å². The fraction of sp³-hybridized carbons (Fsp3) is 0.769. The molecule has 0 aliphatic heterocycles. The van der Waals surface area contributed by atoms with E-state index in [1.54, 1.807) is 18.4 Å². The maximum atomic E-state index is 5.74. The lowest BCUT2D eigenvalue weighted by Crippen LogP contribution is -2.26. The Labute approximate surface area is 109 Å². The minimum atomic E-state index is -0.194. The average molecular weight is 256 g/mol. The molecule has 0 bridgehead atoms. The molecule has 0 aliphatic rings. The van der Waals surface area contributed by atoms with Crippen LogP contribution in [0, 0.1) is 0 Å². The number of hydrogen-bond acceptors (Lipinski definition) is 4. The molecule has 0 aromatic carbocycles. The summed E-state index contributed by atoms with van der Waals surface area (Å²) in [6.07, 6.45) is 2.92. The molecule has 0 saturated heterocycles. The van der Waals surface area contributed by atoms with Crippen molar-refractivity contribution in [3.8, 4) is 0 Å². The van der Waals surface area contributed by atoms with E-state index < -0.39 is 0 Å². The van der Waals surface area contributed by atoms with E-state index in [2.05, 4.69) is 26.1 Å². The Morgan fingerprint density at radius 1 is 1.29 bits per heavy atom. The van der Waals surface area contributed by atoms with Gasteiger partial charge in [0.2, 0.25) is 0 Å². The quantitative estimate of drug-likeness (QED) is 0.814. The summed E-state index contributed by atoms with van der Waals surface area (Å²) in [7, 11) is 3.76. The van der Waals surface area contributed by atoms with Crippen LogP contribution < -0.4 is 5.32 Å². The Hall–Kier alpha value is -0.450. The number of rotatable bonds is 7. The van der Waals surface area contributed by atoms with Crippen LogP contribution in [0.15, 0.2) is 0 Å². The Balaban J connectivity index is 3.12. The number of thiazole rings is 1. The lowest BCUT2D eigenvalue weighted by atomic mass is 9.98. The molecule has 0 saturated carbocycles. The third-order valence-corrected chi connectivity index (χ3v) is 4.66. The van der Waals surface area contributed by atoms with Crippen LogP contribution in [0.4, 0.5) is 0 Å². The van der Waals surface area contributed by atoms with E-state index in [1.807, 2.05) is 7.05 Å². The zero-order chi connectivity index (χ0) is 12.9. The first kappa shape index (κ1) is 14.6. The van der Waals surface area contributed by atoms with Crippen LogP contribution in [0.25, 0.3) is 0 Å². The third kappa shape index (κ3) is 2.87. The average Bonchev–Trinajstić information content (AvgIpc) is 2.76. The molecule has 98 valence electrons. The lowest BCUT2D eigenvalue weighted by molar-refractivity contribution is -0.0219. The molecule has 3 nitrogen and oxygen atoms in total. The number of hydrogen-bond donors (Lipinski definition) is 1. The highest BCUT2D eigenvalue weighted by Crippen LogP contribution is 2.36. The zero-order valence-electron chi connectivity index (χ0n) is 11.6. The maximum Gasteiger partial charge on any atom is 0.125 e. The van der Waals surface area contributed by atoms with Crippen molar-refractivity contribution in [1.82, 2.24) is 10.3 Å². The van der Waals surface area contributed by atoms with E-state index in [9.17, 15) is 0 Å². The van der Waals surface area contributed by atoms with Gasteiger partial charge in [-0.25, -0.2) is 4.98 Å². The van der Waals surface area contributed by atoms with E-state index in [0.717, 1.165) is 30.8 Å².